The monoisotopic (exact) mass is 318 g/mol. The van der Waals surface area contributed by atoms with Crippen LogP contribution in [0.5, 0.6) is 0 Å². The Balaban J connectivity index is 1.41. The lowest BCUT2D eigenvalue weighted by Gasteiger charge is -2.20. The molecule has 1 amide bonds. The molecule has 0 aliphatic heterocycles. The first-order valence-electron chi connectivity index (χ1n) is 7.58. The van der Waals surface area contributed by atoms with Gasteiger partial charge in [0.2, 0.25) is 0 Å². The number of thiophene rings is 1. The van der Waals surface area contributed by atoms with Gasteiger partial charge in [0.25, 0.3) is 5.91 Å². The summed E-state index contributed by atoms with van der Waals surface area (Å²) in [6, 6.07) is 3.64. The van der Waals surface area contributed by atoms with E-state index in [-0.39, 0.29) is 12.6 Å². The maximum Gasteiger partial charge on any atom is 0.306 e. The molecule has 1 aromatic rings. The van der Waals surface area contributed by atoms with Crippen LogP contribution in [-0.4, -0.2) is 18.5 Å². The molecule has 116 valence electrons. The molecule has 2 saturated carbocycles. The van der Waals surface area contributed by atoms with Gasteiger partial charge < -0.3 is 10.1 Å². The number of hydrogen-bond acceptors (Lipinski definition) is 5. The Kier molecular flexibility index (Phi) is 4.44. The maximum atomic E-state index is 11.9. The van der Waals surface area contributed by atoms with E-state index in [1.165, 1.54) is 30.6 Å². The number of fused-ring (bicyclic) bond motifs is 2. The van der Waals surface area contributed by atoms with Crippen molar-refractivity contribution in [1.29, 1.82) is 5.26 Å². The number of carbonyl (C=O) groups is 2. The minimum absolute atomic E-state index is 0.289. The standard InChI is InChI=1S/C16H18N2O3S/c17-8-12-3-4-22-16(12)18-14(19)9-21-15(20)7-13-6-10-1-2-11(13)5-10/h3-4,10-11,13H,1-2,5-7,9H2,(H,18,19)/t10-,11-,13-/m0/s1. The lowest BCUT2D eigenvalue weighted by Crippen LogP contribution is -2.23. The Morgan fingerprint density at radius 2 is 2.27 bits per heavy atom. The average molecular weight is 318 g/mol. The number of nitriles is 1. The van der Waals surface area contributed by atoms with E-state index in [2.05, 4.69) is 5.32 Å². The van der Waals surface area contributed by atoms with Crippen molar-refractivity contribution in [1.82, 2.24) is 0 Å². The predicted molar refractivity (Wildman–Crippen MR) is 82.2 cm³/mol. The number of esters is 1. The summed E-state index contributed by atoms with van der Waals surface area (Å²) in [5, 5.41) is 13.7. The summed E-state index contributed by atoms with van der Waals surface area (Å²) in [4.78, 5) is 23.6. The smallest absolute Gasteiger partial charge is 0.306 e. The van der Waals surface area contributed by atoms with Gasteiger partial charge in [0.1, 0.15) is 11.1 Å². The number of ether oxygens (including phenoxy) is 1. The molecule has 1 N–H and O–H groups in total. The molecular weight excluding hydrogens is 300 g/mol. The summed E-state index contributed by atoms with van der Waals surface area (Å²) in [5.74, 6) is 1.22. The van der Waals surface area contributed by atoms with Crippen LogP contribution in [0.1, 0.15) is 37.7 Å². The van der Waals surface area contributed by atoms with Crippen molar-refractivity contribution in [3.8, 4) is 6.07 Å². The molecule has 0 saturated heterocycles. The van der Waals surface area contributed by atoms with Crippen LogP contribution in [0.15, 0.2) is 11.4 Å². The Morgan fingerprint density at radius 3 is 2.95 bits per heavy atom. The molecule has 1 aromatic heterocycles. The molecular formula is C16H18N2O3S. The van der Waals surface area contributed by atoms with E-state index in [0.717, 1.165) is 12.3 Å². The minimum atomic E-state index is -0.403. The van der Waals surface area contributed by atoms with Gasteiger partial charge in [-0.25, -0.2) is 0 Å². The van der Waals surface area contributed by atoms with Crippen molar-refractivity contribution < 1.29 is 14.3 Å². The molecule has 6 heteroatoms. The highest BCUT2D eigenvalue weighted by molar-refractivity contribution is 7.14. The Morgan fingerprint density at radius 1 is 1.41 bits per heavy atom. The van der Waals surface area contributed by atoms with Crippen LogP contribution in [0.3, 0.4) is 0 Å². The first-order valence-corrected chi connectivity index (χ1v) is 8.46. The second kappa shape index (κ2) is 6.49. The third-order valence-electron chi connectivity index (χ3n) is 4.72. The second-order valence-electron chi connectivity index (χ2n) is 6.12. The first-order chi connectivity index (χ1) is 10.7. The van der Waals surface area contributed by atoms with Crippen molar-refractivity contribution in [3.63, 3.8) is 0 Å². The molecule has 1 heterocycles. The third-order valence-corrected chi connectivity index (χ3v) is 5.55. The summed E-state index contributed by atoms with van der Waals surface area (Å²) in [5.41, 5.74) is 0.423. The van der Waals surface area contributed by atoms with E-state index in [4.69, 9.17) is 10.00 Å². The highest BCUT2D eigenvalue weighted by atomic mass is 32.1. The molecule has 3 rings (SSSR count). The zero-order chi connectivity index (χ0) is 15.5. The molecule has 0 radical (unpaired) electrons. The van der Waals surface area contributed by atoms with Crippen LogP contribution >= 0.6 is 11.3 Å². The molecule has 2 aliphatic rings. The average Bonchev–Trinajstić information content (AvgIpc) is 3.21. The highest BCUT2D eigenvalue weighted by Gasteiger charge is 2.40. The van der Waals surface area contributed by atoms with Crippen LogP contribution in [0, 0.1) is 29.1 Å². The molecule has 2 bridgehead atoms. The SMILES string of the molecule is N#Cc1ccsc1NC(=O)COC(=O)C[C@@H]1C[C@H]2CC[C@H]1C2. The van der Waals surface area contributed by atoms with E-state index >= 15 is 0 Å². The Hall–Kier alpha value is -1.87. The fraction of sp³-hybridized carbons (Fsp3) is 0.562. The predicted octanol–water partition coefficient (Wildman–Crippen LogP) is 2.93. The van der Waals surface area contributed by atoms with Gasteiger partial charge in [-0.15, -0.1) is 11.3 Å². The number of anilines is 1. The Labute approximate surface area is 133 Å². The molecule has 0 unspecified atom stereocenters. The van der Waals surface area contributed by atoms with Gasteiger partial charge >= 0.3 is 5.97 Å². The van der Waals surface area contributed by atoms with Gasteiger partial charge in [-0.2, -0.15) is 5.26 Å². The van der Waals surface area contributed by atoms with Crippen molar-refractivity contribution >= 4 is 28.2 Å². The van der Waals surface area contributed by atoms with Crippen molar-refractivity contribution in [2.45, 2.75) is 32.1 Å². The van der Waals surface area contributed by atoms with E-state index in [1.807, 2.05) is 6.07 Å². The number of rotatable bonds is 5. The topological polar surface area (TPSA) is 79.2 Å². The van der Waals surface area contributed by atoms with Gasteiger partial charge in [-0.05, 0) is 48.5 Å². The fourth-order valence-electron chi connectivity index (χ4n) is 3.70. The van der Waals surface area contributed by atoms with Crippen molar-refractivity contribution in [2.24, 2.45) is 17.8 Å². The second-order valence-corrected chi connectivity index (χ2v) is 7.04. The summed E-state index contributed by atoms with van der Waals surface area (Å²) in [7, 11) is 0. The quantitative estimate of drug-likeness (QED) is 0.847. The van der Waals surface area contributed by atoms with Crippen LogP contribution in [-0.2, 0) is 14.3 Å². The fourth-order valence-corrected chi connectivity index (χ4v) is 4.46. The first kappa shape index (κ1) is 15.0. The van der Waals surface area contributed by atoms with E-state index in [0.29, 0.717) is 28.8 Å². The summed E-state index contributed by atoms with van der Waals surface area (Å²) in [6.07, 6.45) is 5.36. The van der Waals surface area contributed by atoms with E-state index < -0.39 is 5.91 Å². The molecule has 3 atom stereocenters. The zero-order valence-corrected chi connectivity index (χ0v) is 13.0. The van der Waals surface area contributed by atoms with Gasteiger partial charge in [0.05, 0.1) is 5.56 Å². The van der Waals surface area contributed by atoms with Crippen molar-refractivity contribution in [3.05, 3.63) is 17.0 Å². The largest absolute Gasteiger partial charge is 0.456 e. The van der Waals surface area contributed by atoms with Crippen molar-refractivity contribution in [2.75, 3.05) is 11.9 Å². The number of nitrogens with zero attached hydrogens (tertiary/aromatic N) is 1. The van der Waals surface area contributed by atoms with Gasteiger partial charge in [0, 0.05) is 6.42 Å². The molecule has 22 heavy (non-hydrogen) atoms. The molecule has 2 fully saturated rings. The molecule has 0 spiro atoms. The van der Waals surface area contributed by atoms with E-state index in [1.54, 1.807) is 11.4 Å². The van der Waals surface area contributed by atoms with E-state index in [9.17, 15) is 9.59 Å². The summed E-state index contributed by atoms with van der Waals surface area (Å²) < 4.78 is 5.07. The Bertz CT molecular complexity index is 619. The third kappa shape index (κ3) is 3.30. The van der Waals surface area contributed by atoms with Gasteiger partial charge in [0.15, 0.2) is 6.61 Å². The number of nitrogens with one attached hydrogen (secondary N) is 1. The molecule has 5 nitrogen and oxygen atoms in total. The normalized spacial score (nSPS) is 25.7. The van der Waals surface area contributed by atoms with Crippen LogP contribution < -0.4 is 5.32 Å². The van der Waals surface area contributed by atoms with Crippen LogP contribution in [0.4, 0.5) is 5.00 Å². The molecule has 2 aliphatic carbocycles. The van der Waals surface area contributed by atoms with Gasteiger partial charge in [-0.3, -0.25) is 9.59 Å². The van der Waals surface area contributed by atoms with Crippen LogP contribution in [0.2, 0.25) is 0 Å². The van der Waals surface area contributed by atoms with Crippen LogP contribution in [0.25, 0.3) is 0 Å². The highest BCUT2D eigenvalue weighted by Crippen LogP contribution is 2.49. The maximum absolute atomic E-state index is 11.9. The summed E-state index contributed by atoms with van der Waals surface area (Å²) in [6.45, 7) is -0.289. The van der Waals surface area contributed by atoms with Gasteiger partial charge in [-0.1, -0.05) is 6.42 Å². The lowest BCUT2D eigenvalue weighted by atomic mass is 9.86. The minimum Gasteiger partial charge on any atom is -0.456 e. The molecule has 0 aromatic carbocycles. The number of carbonyl (C=O) groups excluding carboxylic acids is 2. The lowest BCUT2D eigenvalue weighted by molar-refractivity contribution is -0.148. The number of hydrogen-bond donors (Lipinski definition) is 1. The number of amides is 1. The summed E-state index contributed by atoms with van der Waals surface area (Å²) >= 11 is 1.28. The zero-order valence-electron chi connectivity index (χ0n) is 12.2.